The number of alkyl halides is 3. The maximum atomic E-state index is 13.1. The Morgan fingerprint density at radius 2 is 1.88 bits per heavy atom. The highest BCUT2D eigenvalue weighted by Gasteiger charge is 2.36. The van der Waals surface area contributed by atoms with Gasteiger partial charge >= 0.3 is 6.18 Å². The molecule has 5 nitrogen and oxygen atoms in total. The molecular formula is C24H26F3N5. The number of hydrogen-bond acceptors (Lipinski definition) is 3. The normalized spacial score (nSPS) is 16.0. The summed E-state index contributed by atoms with van der Waals surface area (Å²) >= 11 is 0. The molecular weight excluding hydrogens is 415 g/mol. The Bertz CT molecular complexity index is 1290. The van der Waals surface area contributed by atoms with Gasteiger partial charge in [0, 0.05) is 22.7 Å². The number of nitrogens with one attached hydrogen (secondary N) is 2. The van der Waals surface area contributed by atoms with Crippen LogP contribution >= 0.6 is 0 Å². The van der Waals surface area contributed by atoms with Gasteiger partial charge in [-0.2, -0.15) is 13.2 Å². The summed E-state index contributed by atoms with van der Waals surface area (Å²) in [6, 6.07) is 8.51. The molecule has 1 fully saturated rings. The topological polar surface area (TPSA) is 58.0 Å². The van der Waals surface area contributed by atoms with E-state index >= 15 is 0 Å². The van der Waals surface area contributed by atoms with Gasteiger partial charge in [0.15, 0.2) is 5.65 Å². The number of nitrogens with zero attached hydrogens (tertiary/aromatic N) is 3. The monoisotopic (exact) mass is 441 g/mol. The van der Waals surface area contributed by atoms with Crippen LogP contribution in [-0.2, 0) is 6.18 Å². The zero-order valence-electron chi connectivity index (χ0n) is 18.3. The highest BCUT2D eigenvalue weighted by atomic mass is 19.4. The third-order valence-corrected chi connectivity index (χ3v) is 6.41. The first-order valence-electron chi connectivity index (χ1n) is 11.0. The van der Waals surface area contributed by atoms with Crippen molar-refractivity contribution in [1.29, 1.82) is 0 Å². The van der Waals surface area contributed by atoms with E-state index in [0.29, 0.717) is 11.5 Å². The number of halogens is 3. The molecule has 4 aromatic rings. The number of hydrogen-bond donors (Lipinski definition) is 2. The van der Waals surface area contributed by atoms with E-state index in [4.69, 9.17) is 0 Å². The first-order chi connectivity index (χ1) is 15.2. The summed E-state index contributed by atoms with van der Waals surface area (Å²) in [4.78, 5) is 7.22. The molecule has 2 N–H and O–H groups in total. The number of rotatable bonds is 3. The fourth-order valence-electron chi connectivity index (χ4n) is 4.87. The smallest absolute Gasteiger partial charge is 0.354 e. The van der Waals surface area contributed by atoms with Crippen molar-refractivity contribution >= 4 is 16.6 Å². The Hall–Kier alpha value is -2.87. The molecule has 0 unspecified atom stereocenters. The molecule has 8 heteroatoms. The molecule has 0 bridgehead atoms. The first kappa shape index (κ1) is 21.0. The Labute approximate surface area is 184 Å². The highest BCUT2D eigenvalue weighted by molar-refractivity contribution is 5.92. The minimum Gasteiger partial charge on any atom is -0.354 e. The standard InChI is InChI=1S/C24H26F3N5/c1-13(2)20-18-11-16(15-6-8-28-9-7-15)4-5-19(18)29-21(20)17-10-14(3)22-30-23(24(25,26)27)31-32(22)12-17/h4-5,10-13,15,28-29H,6-9H2,1-3H3. The van der Waals surface area contributed by atoms with E-state index in [-0.39, 0.29) is 11.6 Å². The summed E-state index contributed by atoms with van der Waals surface area (Å²) in [6.45, 7) is 8.13. The van der Waals surface area contributed by atoms with Crippen LogP contribution < -0.4 is 5.32 Å². The third-order valence-electron chi connectivity index (χ3n) is 6.41. The van der Waals surface area contributed by atoms with Gasteiger partial charge in [0.25, 0.3) is 5.82 Å². The van der Waals surface area contributed by atoms with Crippen LogP contribution in [0.4, 0.5) is 13.2 Å². The van der Waals surface area contributed by atoms with Crippen molar-refractivity contribution in [3.05, 3.63) is 53.0 Å². The first-order valence-corrected chi connectivity index (χ1v) is 11.0. The summed E-state index contributed by atoms with van der Waals surface area (Å²) in [5, 5.41) is 8.29. The van der Waals surface area contributed by atoms with Crippen molar-refractivity contribution < 1.29 is 13.2 Å². The van der Waals surface area contributed by atoms with E-state index in [2.05, 4.69) is 52.4 Å². The van der Waals surface area contributed by atoms with Crippen LogP contribution in [0.2, 0.25) is 0 Å². The van der Waals surface area contributed by atoms with Crippen LogP contribution in [0.25, 0.3) is 27.8 Å². The fraction of sp³-hybridized carbons (Fsp3) is 0.417. The van der Waals surface area contributed by atoms with Crippen molar-refractivity contribution in [2.45, 2.75) is 51.6 Å². The predicted molar refractivity (Wildman–Crippen MR) is 119 cm³/mol. The van der Waals surface area contributed by atoms with Crippen LogP contribution in [0.3, 0.4) is 0 Å². The van der Waals surface area contributed by atoms with Crippen LogP contribution in [0.5, 0.6) is 0 Å². The molecule has 4 heterocycles. The maximum Gasteiger partial charge on any atom is 0.453 e. The number of aryl methyl sites for hydroxylation is 1. The van der Waals surface area contributed by atoms with Crippen molar-refractivity contribution in [1.82, 2.24) is 24.9 Å². The van der Waals surface area contributed by atoms with Gasteiger partial charge in [0.2, 0.25) is 0 Å². The number of H-pyrrole nitrogens is 1. The Morgan fingerprint density at radius 1 is 1.12 bits per heavy atom. The molecule has 1 aromatic carbocycles. The van der Waals surface area contributed by atoms with Gasteiger partial charge in [-0.25, -0.2) is 9.50 Å². The molecule has 32 heavy (non-hydrogen) atoms. The lowest BCUT2D eigenvalue weighted by atomic mass is 9.88. The third kappa shape index (κ3) is 3.56. The molecule has 0 radical (unpaired) electrons. The van der Waals surface area contributed by atoms with Gasteiger partial charge < -0.3 is 10.3 Å². The minimum absolute atomic E-state index is 0.219. The number of fused-ring (bicyclic) bond motifs is 2. The molecule has 0 atom stereocenters. The zero-order chi connectivity index (χ0) is 22.6. The van der Waals surface area contributed by atoms with E-state index in [9.17, 15) is 13.2 Å². The lowest BCUT2D eigenvalue weighted by molar-refractivity contribution is -0.144. The predicted octanol–water partition coefficient (Wildman–Crippen LogP) is 5.80. The van der Waals surface area contributed by atoms with Gasteiger partial charge in [0.1, 0.15) is 0 Å². The summed E-state index contributed by atoms with van der Waals surface area (Å²) < 4.78 is 40.6. The number of pyridine rings is 1. The molecule has 1 saturated heterocycles. The molecule has 0 aliphatic carbocycles. The van der Waals surface area contributed by atoms with Crippen LogP contribution in [-0.4, -0.2) is 32.7 Å². The Morgan fingerprint density at radius 3 is 2.56 bits per heavy atom. The Kier molecular flexibility index (Phi) is 5.00. The van der Waals surface area contributed by atoms with E-state index in [1.165, 1.54) is 21.0 Å². The summed E-state index contributed by atoms with van der Waals surface area (Å²) in [5.74, 6) is -0.335. The zero-order valence-corrected chi connectivity index (χ0v) is 18.3. The molecule has 1 aliphatic heterocycles. The SMILES string of the molecule is Cc1cc(-c2[nH]c3ccc(C4CCNCC4)cc3c2C(C)C)cn2nc(C(F)(F)F)nc12. The van der Waals surface area contributed by atoms with Gasteiger partial charge in [-0.15, -0.1) is 5.10 Å². The lowest BCUT2D eigenvalue weighted by Gasteiger charge is -2.23. The second kappa shape index (κ2) is 7.62. The highest BCUT2D eigenvalue weighted by Crippen LogP contribution is 2.38. The fourth-order valence-corrected chi connectivity index (χ4v) is 4.87. The number of benzene rings is 1. The largest absolute Gasteiger partial charge is 0.453 e. The van der Waals surface area contributed by atoms with Crippen molar-refractivity contribution in [2.75, 3.05) is 13.1 Å². The molecule has 0 amide bonds. The average Bonchev–Trinajstić information content (AvgIpc) is 3.36. The maximum absolute atomic E-state index is 13.1. The molecule has 0 saturated carbocycles. The number of aromatic nitrogens is 4. The summed E-state index contributed by atoms with van der Waals surface area (Å²) in [6.07, 6.45) is -0.685. The lowest BCUT2D eigenvalue weighted by Crippen LogP contribution is -2.26. The van der Waals surface area contributed by atoms with Crippen LogP contribution in [0.1, 0.15) is 61.0 Å². The van der Waals surface area contributed by atoms with E-state index < -0.39 is 12.0 Å². The van der Waals surface area contributed by atoms with Crippen molar-refractivity contribution in [2.24, 2.45) is 0 Å². The van der Waals surface area contributed by atoms with E-state index in [1.807, 2.05) is 6.07 Å². The van der Waals surface area contributed by atoms with Gasteiger partial charge in [-0.05, 0) is 79.6 Å². The molecule has 1 aliphatic rings. The molecule has 0 spiro atoms. The molecule has 3 aromatic heterocycles. The minimum atomic E-state index is -4.58. The van der Waals surface area contributed by atoms with Crippen LogP contribution in [0.15, 0.2) is 30.5 Å². The molecule has 168 valence electrons. The Balaban J connectivity index is 1.66. The quantitative estimate of drug-likeness (QED) is 0.423. The van der Waals surface area contributed by atoms with Crippen molar-refractivity contribution in [3.8, 4) is 11.3 Å². The average molecular weight is 442 g/mol. The second-order valence-electron chi connectivity index (χ2n) is 9.01. The summed E-state index contributed by atoms with van der Waals surface area (Å²) in [5.41, 5.74) is 6.15. The van der Waals surface area contributed by atoms with Gasteiger partial charge in [-0.1, -0.05) is 19.9 Å². The van der Waals surface area contributed by atoms with E-state index in [1.54, 1.807) is 13.1 Å². The van der Waals surface area contributed by atoms with Gasteiger partial charge in [0.05, 0.1) is 5.69 Å². The summed E-state index contributed by atoms with van der Waals surface area (Å²) in [7, 11) is 0. The van der Waals surface area contributed by atoms with Crippen molar-refractivity contribution in [3.63, 3.8) is 0 Å². The second-order valence-corrected chi connectivity index (χ2v) is 9.01. The van der Waals surface area contributed by atoms with E-state index in [0.717, 1.165) is 42.7 Å². The number of piperidine rings is 1. The number of aromatic amines is 1. The van der Waals surface area contributed by atoms with Crippen LogP contribution in [0, 0.1) is 6.92 Å². The molecule has 5 rings (SSSR count). The van der Waals surface area contributed by atoms with Gasteiger partial charge in [-0.3, -0.25) is 0 Å².